The smallest absolute Gasteiger partial charge is 0.122 e. The topological polar surface area (TPSA) is 9.23 Å². The molecule has 1 aromatic rings. The maximum atomic E-state index is 5.43. The third kappa shape index (κ3) is 3.60. The molecule has 0 heterocycles. The summed E-state index contributed by atoms with van der Waals surface area (Å²) in [4.78, 5) is 0. The highest BCUT2D eigenvalue weighted by atomic mass is 28.3. The molecule has 0 aliphatic heterocycles. The predicted octanol–water partition coefficient (Wildman–Crippen LogP) is 4.75. The van der Waals surface area contributed by atoms with Crippen LogP contribution in [0.25, 0.3) is 0 Å². The van der Waals surface area contributed by atoms with Crippen LogP contribution in [-0.2, 0) is 6.42 Å². The monoisotopic (exact) mass is 250 g/mol. The number of ether oxygens (including phenoxy) is 1. The van der Waals surface area contributed by atoms with Crippen LogP contribution < -0.4 is 4.74 Å². The van der Waals surface area contributed by atoms with Gasteiger partial charge < -0.3 is 4.74 Å². The quantitative estimate of drug-likeness (QED) is 0.635. The number of benzene rings is 1. The molecule has 0 bridgehead atoms. The largest absolute Gasteiger partial charge is 0.496 e. The second kappa shape index (κ2) is 6.85. The highest BCUT2D eigenvalue weighted by molar-refractivity contribution is 6.79. The van der Waals surface area contributed by atoms with Crippen molar-refractivity contribution in [3.63, 3.8) is 0 Å². The Balaban J connectivity index is 2.71. The molecular formula is C15H26OSi. The van der Waals surface area contributed by atoms with Crippen LogP contribution in [0.3, 0.4) is 0 Å². The molecule has 0 unspecified atom stereocenters. The van der Waals surface area contributed by atoms with Crippen LogP contribution in [0.1, 0.15) is 26.3 Å². The van der Waals surface area contributed by atoms with E-state index in [2.05, 4.69) is 39.0 Å². The minimum absolute atomic E-state index is 0.991. The summed E-state index contributed by atoms with van der Waals surface area (Å²) in [5.41, 5.74) is 1.38. The zero-order valence-electron chi connectivity index (χ0n) is 11.8. The van der Waals surface area contributed by atoms with E-state index in [1.54, 1.807) is 7.11 Å². The van der Waals surface area contributed by atoms with Gasteiger partial charge >= 0.3 is 0 Å². The van der Waals surface area contributed by atoms with Crippen LogP contribution >= 0.6 is 0 Å². The first-order valence-electron chi connectivity index (χ1n) is 6.83. The Kier molecular flexibility index (Phi) is 5.76. The minimum Gasteiger partial charge on any atom is -0.496 e. The van der Waals surface area contributed by atoms with Gasteiger partial charge in [0, 0.05) is 0 Å². The summed E-state index contributed by atoms with van der Waals surface area (Å²) >= 11 is 0. The third-order valence-corrected chi connectivity index (χ3v) is 10.2. The van der Waals surface area contributed by atoms with E-state index < -0.39 is 8.07 Å². The molecule has 17 heavy (non-hydrogen) atoms. The summed E-state index contributed by atoms with van der Waals surface area (Å²) in [6.07, 6.45) is 1.19. The van der Waals surface area contributed by atoms with Gasteiger partial charge in [0.1, 0.15) is 5.75 Å². The van der Waals surface area contributed by atoms with E-state index in [0.29, 0.717) is 0 Å². The van der Waals surface area contributed by atoms with E-state index in [1.165, 1.54) is 36.2 Å². The molecule has 96 valence electrons. The SMILES string of the molecule is CC[Si](CC)(CC)CCc1ccccc1OC. The molecule has 0 N–H and O–H groups in total. The molecule has 0 fully saturated rings. The summed E-state index contributed by atoms with van der Waals surface area (Å²) in [6.45, 7) is 7.13. The van der Waals surface area contributed by atoms with Gasteiger partial charge in [0.15, 0.2) is 0 Å². The van der Waals surface area contributed by atoms with Gasteiger partial charge in [0.05, 0.1) is 15.2 Å². The fraction of sp³-hybridized carbons (Fsp3) is 0.600. The molecule has 0 atom stereocenters. The number of rotatable bonds is 7. The first-order valence-corrected chi connectivity index (χ1v) is 9.66. The normalized spacial score (nSPS) is 11.5. The summed E-state index contributed by atoms with van der Waals surface area (Å²) in [6, 6.07) is 14.1. The second-order valence-electron chi connectivity index (χ2n) is 4.87. The Morgan fingerprint density at radius 2 is 1.59 bits per heavy atom. The van der Waals surface area contributed by atoms with Crippen molar-refractivity contribution in [3.05, 3.63) is 29.8 Å². The van der Waals surface area contributed by atoms with Crippen molar-refractivity contribution < 1.29 is 4.74 Å². The van der Waals surface area contributed by atoms with E-state index in [-0.39, 0.29) is 0 Å². The Bertz CT molecular complexity index is 323. The lowest BCUT2D eigenvalue weighted by Crippen LogP contribution is -2.31. The van der Waals surface area contributed by atoms with Gasteiger partial charge in [-0.1, -0.05) is 63.1 Å². The van der Waals surface area contributed by atoms with Crippen LogP contribution in [0.15, 0.2) is 24.3 Å². The van der Waals surface area contributed by atoms with Gasteiger partial charge in [-0.05, 0) is 18.1 Å². The van der Waals surface area contributed by atoms with Crippen LogP contribution in [0.2, 0.25) is 24.2 Å². The molecule has 2 heteroatoms. The molecule has 0 aliphatic rings. The number of para-hydroxylation sites is 1. The average molecular weight is 250 g/mol. The van der Waals surface area contributed by atoms with Gasteiger partial charge in [-0.2, -0.15) is 0 Å². The Morgan fingerprint density at radius 1 is 1.00 bits per heavy atom. The van der Waals surface area contributed by atoms with E-state index in [4.69, 9.17) is 4.74 Å². The number of hydrogen-bond acceptors (Lipinski definition) is 1. The van der Waals surface area contributed by atoms with Crippen molar-refractivity contribution in [2.75, 3.05) is 7.11 Å². The van der Waals surface area contributed by atoms with E-state index in [0.717, 1.165) is 5.75 Å². The van der Waals surface area contributed by atoms with E-state index in [1.807, 2.05) is 6.07 Å². The lowest BCUT2D eigenvalue weighted by atomic mass is 10.1. The van der Waals surface area contributed by atoms with Crippen LogP contribution in [0.4, 0.5) is 0 Å². The van der Waals surface area contributed by atoms with Crippen molar-refractivity contribution in [2.24, 2.45) is 0 Å². The molecule has 0 spiro atoms. The molecule has 1 nitrogen and oxygen atoms in total. The summed E-state index contributed by atoms with van der Waals surface area (Å²) < 4.78 is 5.43. The third-order valence-electron chi connectivity index (χ3n) is 4.37. The minimum atomic E-state index is -0.991. The molecule has 0 saturated heterocycles. The highest BCUT2D eigenvalue weighted by Gasteiger charge is 2.26. The van der Waals surface area contributed by atoms with Crippen molar-refractivity contribution in [2.45, 2.75) is 51.4 Å². The van der Waals surface area contributed by atoms with Gasteiger partial charge in [0.25, 0.3) is 0 Å². The summed E-state index contributed by atoms with van der Waals surface area (Å²) in [5.74, 6) is 1.05. The average Bonchev–Trinajstić information content (AvgIpc) is 2.41. The van der Waals surface area contributed by atoms with E-state index >= 15 is 0 Å². The zero-order chi connectivity index (χ0) is 12.7. The second-order valence-corrected chi connectivity index (χ2v) is 10.5. The Hall–Kier alpha value is -0.763. The molecule has 0 saturated carbocycles. The molecule has 0 amide bonds. The lowest BCUT2D eigenvalue weighted by molar-refractivity contribution is 0.410. The lowest BCUT2D eigenvalue weighted by Gasteiger charge is -2.28. The standard InChI is InChI=1S/C15H26OSi/c1-5-17(6-2,7-3)13-12-14-10-8-9-11-15(14)16-4/h8-11H,5-7,12-13H2,1-4H3. The molecule has 1 rings (SSSR count). The molecule has 0 radical (unpaired) electrons. The zero-order valence-corrected chi connectivity index (χ0v) is 12.8. The van der Waals surface area contributed by atoms with Crippen molar-refractivity contribution >= 4 is 8.07 Å². The first kappa shape index (κ1) is 14.3. The van der Waals surface area contributed by atoms with Gasteiger partial charge in [-0.15, -0.1) is 0 Å². The van der Waals surface area contributed by atoms with Gasteiger partial charge in [-0.25, -0.2) is 0 Å². The van der Waals surface area contributed by atoms with Gasteiger partial charge in [-0.3, -0.25) is 0 Å². The molecular weight excluding hydrogens is 224 g/mol. The molecule has 0 aromatic heterocycles. The van der Waals surface area contributed by atoms with Gasteiger partial charge in [0.2, 0.25) is 0 Å². The highest BCUT2D eigenvalue weighted by Crippen LogP contribution is 2.29. The molecule has 1 aromatic carbocycles. The van der Waals surface area contributed by atoms with Crippen LogP contribution in [-0.4, -0.2) is 15.2 Å². The van der Waals surface area contributed by atoms with Crippen LogP contribution in [0.5, 0.6) is 5.75 Å². The Labute approximate surface area is 107 Å². The van der Waals surface area contributed by atoms with Crippen molar-refractivity contribution in [3.8, 4) is 5.75 Å². The Morgan fingerprint density at radius 3 is 2.12 bits per heavy atom. The van der Waals surface area contributed by atoms with E-state index in [9.17, 15) is 0 Å². The fourth-order valence-corrected chi connectivity index (χ4v) is 5.95. The summed E-state index contributed by atoms with van der Waals surface area (Å²) in [5, 5.41) is 0. The fourth-order valence-electron chi connectivity index (χ4n) is 2.59. The maximum absolute atomic E-state index is 5.43. The summed E-state index contributed by atoms with van der Waals surface area (Å²) in [7, 11) is 0.775. The van der Waals surface area contributed by atoms with Crippen molar-refractivity contribution in [1.29, 1.82) is 0 Å². The number of methoxy groups -OCH3 is 1. The number of aryl methyl sites for hydroxylation is 1. The predicted molar refractivity (Wildman–Crippen MR) is 78.7 cm³/mol. The van der Waals surface area contributed by atoms with Crippen molar-refractivity contribution in [1.82, 2.24) is 0 Å². The first-order chi connectivity index (χ1) is 8.21. The maximum Gasteiger partial charge on any atom is 0.122 e. The number of hydrogen-bond donors (Lipinski definition) is 0. The van der Waals surface area contributed by atoms with Crippen LogP contribution in [0, 0.1) is 0 Å². The molecule has 0 aliphatic carbocycles.